The minimum absolute atomic E-state index is 0.0982. The van der Waals surface area contributed by atoms with E-state index < -0.39 is 0 Å². The van der Waals surface area contributed by atoms with Crippen molar-refractivity contribution in [2.45, 2.75) is 33.1 Å². The zero-order valence-corrected chi connectivity index (χ0v) is 11.9. The Kier molecular flexibility index (Phi) is 4.77. The van der Waals surface area contributed by atoms with Gasteiger partial charge < -0.3 is 10.2 Å². The topological polar surface area (TPSA) is 45.2 Å². The van der Waals surface area contributed by atoms with Gasteiger partial charge in [-0.15, -0.1) is 0 Å². The lowest BCUT2D eigenvalue weighted by Gasteiger charge is -2.22. The summed E-state index contributed by atoms with van der Waals surface area (Å²) in [7, 11) is 0. The third-order valence-corrected chi connectivity index (χ3v) is 3.46. The molecule has 0 radical (unpaired) electrons. The second-order valence-corrected chi connectivity index (χ2v) is 5.14. The maximum absolute atomic E-state index is 12.6. The van der Waals surface area contributed by atoms with Crippen LogP contribution in [-0.4, -0.2) is 35.4 Å². The summed E-state index contributed by atoms with van der Waals surface area (Å²) in [6.07, 6.45) is 6.97. The van der Waals surface area contributed by atoms with Gasteiger partial charge in [0, 0.05) is 32.0 Å². The summed E-state index contributed by atoms with van der Waals surface area (Å²) in [5.41, 5.74) is 1.59. The van der Waals surface area contributed by atoms with Gasteiger partial charge in [-0.1, -0.05) is 6.92 Å². The highest BCUT2D eigenvalue weighted by molar-refractivity contribution is 5.99. The van der Waals surface area contributed by atoms with Crippen molar-refractivity contribution in [1.29, 1.82) is 0 Å². The summed E-state index contributed by atoms with van der Waals surface area (Å²) in [5.74, 6) is 0.814. The molecule has 0 aromatic carbocycles. The molecule has 4 nitrogen and oxygen atoms in total. The highest BCUT2D eigenvalue weighted by Gasteiger charge is 2.27. The second-order valence-electron chi connectivity index (χ2n) is 5.14. The van der Waals surface area contributed by atoms with Gasteiger partial charge in [0.15, 0.2) is 0 Å². The molecule has 1 saturated carbocycles. The molecule has 0 saturated heterocycles. The van der Waals surface area contributed by atoms with Gasteiger partial charge in [-0.3, -0.25) is 9.78 Å². The number of hydrogen-bond donors (Lipinski definition) is 1. The van der Waals surface area contributed by atoms with Gasteiger partial charge in [0.2, 0.25) is 0 Å². The predicted molar refractivity (Wildman–Crippen MR) is 77.3 cm³/mol. The number of nitrogens with zero attached hydrogens (tertiary/aromatic N) is 2. The molecular weight excluding hydrogens is 238 g/mol. The predicted octanol–water partition coefficient (Wildman–Crippen LogP) is 2.78. The molecule has 1 amide bonds. The van der Waals surface area contributed by atoms with Crippen molar-refractivity contribution in [2.75, 3.05) is 25.0 Å². The Morgan fingerprint density at radius 1 is 1.47 bits per heavy atom. The van der Waals surface area contributed by atoms with Crippen LogP contribution in [0, 0.1) is 5.92 Å². The van der Waals surface area contributed by atoms with E-state index in [1.807, 2.05) is 17.9 Å². The van der Waals surface area contributed by atoms with Gasteiger partial charge >= 0.3 is 0 Å². The number of rotatable bonds is 7. The Balaban J connectivity index is 2.11. The van der Waals surface area contributed by atoms with Gasteiger partial charge in [-0.2, -0.15) is 0 Å². The molecule has 104 valence electrons. The van der Waals surface area contributed by atoms with Crippen LogP contribution in [0.5, 0.6) is 0 Å². The number of hydrogen-bond acceptors (Lipinski definition) is 3. The summed E-state index contributed by atoms with van der Waals surface area (Å²) >= 11 is 0. The molecule has 0 aliphatic heterocycles. The second kappa shape index (κ2) is 6.55. The molecule has 1 aromatic rings. The Labute approximate surface area is 115 Å². The van der Waals surface area contributed by atoms with Crippen molar-refractivity contribution in [3.05, 3.63) is 24.0 Å². The van der Waals surface area contributed by atoms with Gasteiger partial charge in [0.25, 0.3) is 5.91 Å². The zero-order chi connectivity index (χ0) is 13.7. The van der Waals surface area contributed by atoms with Gasteiger partial charge in [-0.25, -0.2) is 0 Å². The monoisotopic (exact) mass is 261 g/mol. The third kappa shape index (κ3) is 3.69. The molecule has 0 spiro atoms. The van der Waals surface area contributed by atoms with Crippen LogP contribution < -0.4 is 5.32 Å². The summed E-state index contributed by atoms with van der Waals surface area (Å²) in [6.45, 7) is 6.67. The van der Waals surface area contributed by atoms with Crippen molar-refractivity contribution in [2.24, 2.45) is 5.92 Å². The molecule has 1 heterocycles. The highest BCUT2D eigenvalue weighted by atomic mass is 16.2. The molecule has 4 heteroatoms. The van der Waals surface area contributed by atoms with E-state index in [1.54, 1.807) is 12.4 Å². The fourth-order valence-electron chi connectivity index (χ4n) is 2.12. The largest absolute Gasteiger partial charge is 0.384 e. The maximum atomic E-state index is 12.6. The van der Waals surface area contributed by atoms with Gasteiger partial charge in [0.05, 0.1) is 11.3 Å². The molecular formula is C15H23N3O. The van der Waals surface area contributed by atoms with E-state index in [0.717, 1.165) is 31.7 Å². The highest BCUT2D eigenvalue weighted by Crippen LogP contribution is 2.30. The lowest BCUT2D eigenvalue weighted by atomic mass is 10.2. The van der Waals surface area contributed by atoms with Crippen LogP contribution in [0.3, 0.4) is 0 Å². The van der Waals surface area contributed by atoms with Crippen LogP contribution in [0.25, 0.3) is 0 Å². The molecule has 1 fully saturated rings. The standard InChI is InChI=1S/C15H23N3O/c1-3-8-17-14-7-9-16-10-13(14)15(19)18(4-2)11-12-5-6-12/h7,9-10,12H,3-6,8,11H2,1-2H3,(H,16,17). The van der Waals surface area contributed by atoms with E-state index >= 15 is 0 Å². The number of carbonyl (C=O) groups excluding carboxylic acids is 1. The Morgan fingerprint density at radius 3 is 2.89 bits per heavy atom. The molecule has 0 unspecified atom stereocenters. The number of pyridine rings is 1. The van der Waals surface area contributed by atoms with Crippen LogP contribution in [0.2, 0.25) is 0 Å². The third-order valence-electron chi connectivity index (χ3n) is 3.46. The Bertz CT molecular complexity index is 429. The number of carbonyl (C=O) groups is 1. The normalized spacial score (nSPS) is 14.2. The molecule has 0 bridgehead atoms. The summed E-state index contributed by atoms with van der Waals surface area (Å²) in [6, 6.07) is 1.88. The van der Waals surface area contributed by atoms with Crippen molar-refractivity contribution in [3.8, 4) is 0 Å². The minimum atomic E-state index is 0.0982. The molecule has 1 aromatic heterocycles. The molecule has 19 heavy (non-hydrogen) atoms. The Hall–Kier alpha value is -1.58. The summed E-state index contributed by atoms with van der Waals surface area (Å²) in [5, 5.41) is 3.30. The van der Waals surface area contributed by atoms with Crippen LogP contribution in [-0.2, 0) is 0 Å². The van der Waals surface area contributed by atoms with Crippen molar-refractivity contribution < 1.29 is 4.79 Å². The molecule has 1 aliphatic rings. The van der Waals surface area contributed by atoms with Crippen molar-refractivity contribution in [3.63, 3.8) is 0 Å². The summed E-state index contributed by atoms with van der Waals surface area (Å²) < 4.78 is 0. The van der Waals surface area contributed by atoms with Crippen molar-refractivity contribution >= 4 is 11.6 Å². The van der Waals surface area contributed by atoms with E-state index in [4.69, 9.17) is 0 Å². The molecule has 1 N–H and O–H groups in total. The van der Waals surface area contributed by atoms with E-state index in [2.05, 4.69) is 17.2 Å². The minimum Gasteiger partial charge on any atom is -0.384 e. The number of aromatic nitrogens is 1. The molecule has 0 atom stereocenters. The van der Waals surface area contributed by atoms with Gasteiger partial charge in [-0.05, 0) is 38.2 Å². The van der Waals surface area contributed by atoms with Crippen LogP contribution in [0.15, 0.2) is 18.5 Å². The molecule has 2 rings (SSSR count). The lowest BCUT2D eigenvalue weighted by Crippen LogP contribution is -2.33. The number of nitrogens with one attached hydrogen (secondary N) is 1. The lowest BCUT2D eigenvalue weighted by molar-refractivity contribution is 0.0757. The number of amides is 1. The van der Waals surface area contributed by atoms with E-state index in [9.17, 15) is 4.79 Å². The quantitative estimate of drug-likeness (QED) is 0.821. The van der Waals surface area contributed by atoms with E-state index in [1.165, 1.54) is 12.8 Å². The van der Waals surface area contributed by atoms with Crippen molar-refractivity contribution in [1.82, 2.24) is 9.88 Å². The first-order chi connectivity index (χ1) is 9.26. The first kappa shape index (κ1) is 13.8. The summed E-state index contributed by atoms with van der Waals surface area (Å²) in [4.78, 5) is 18.6. The van der Waals surface area contributed by atoms with Gasteiger partial charge in [0.1, 0.15) is 0 Å². The smallest absolute Gasteiger partial charge is 0.257 e. The Morgan fingerprint density at radius 2 is 2.26 bits per heavy atom. The average molecular weight is 261 g/mol. The average Bonchev–Trinajstić information content (AvgIpc) is 3.26. The van der Waals surface area contributed by atoms with Crippen LogP contribution >= 0.6 is 0 Å². The molecule has 1 aliphatic carbocycles. The zero-order valence-electron chi connectivity index (χ0n) is 11.9. The fraction of sp³-hybridized carbons (Fsp3) is 0.600. The van der Waals surface area contributed by atoms with Crippen LogP contribution in [0.1, 0.15) is 43.5 Å². The van der Waals surface area contributed by atoms with E-state index in [-0.39, 0.29) is 5.91 Å². The maximum Gasteiger partial charge on any atom is 0.257 e. The first-order valence-electron chi connectivity index (χ1n) is 7.23. The fourth-order valence-corrected chi connectivity index (χ4v) is 2.12. The van der Waals surface area contributed by atoms with E-state index in [0.29, 0.717) is 11.5 Å². The first-order valence-corrected chi connectivity index (χ1v) is 7.23. The number of anilines is 1. The SMILES string of the molecule is CCCNc1ccncc1C(=O)N(CC)CC1CC1. The van der Waals surface area contributed by atoms with Crippen LogP contribution in [0.4, 0.5) is 5.69 Å².